The number of rotatable bonds is 8. The molecule has 1 aliphatic rings. The summed E-state index contributed by atoms with van der Waals surface area (Å²) < 4.78 is 11.0. The number of thioether (sulfide) groups is 1. The molecule has 3 aromatic rings. The van der Waals surface area contributed by atoms with E-state index in [1.807, 2.05) is 66.7 Å². The Hall–Kier alpha value is -1.77. The molecule has 1 amide bonds. The van der Waals surface area contributed by atoms with Gasteiger partial charge < -0.3 is 19.9 Å². The molecule has 0 aromatic heterocycles. The van der Waals surface area contributed by atoms with Crippen LogP contribution in [-0.2, 0) is 27.4 Å². The van der Waals surface area contributed by atoms with Gasteiger partial charge in [-0.15, -0.1) is 11.8 Å². The summed E-state index contributed by atoms with van der Waals surface area (Å²) >= 11 is 18.6. The summed E-state index contributed by atoms with van der Waals surface area (Å²) in [4.78, 5) is 13.0. The van der Waals surface area contributed by atoms with Crippen LogP contribution in [-0.4, -0.2) is 26.7 Å². The first-order chi connectivity index (χ1) is 17.7. The number of aliphatic hydroxyl groups excluding tert-OH is 1. The van der Waals surface area contributed by atoms with Crippen LogP contribution < -0.4 is 5.32 Å². The molecule has 1 saturated heterocycles. The maximum absolute atomic E-state index is 11.8. The molecular weight excluding hydrogens is 553 g/mol. The van der Waals surface area contributed by atoms with Crippen LogP contribution in [0, 0.1) is 5.92 Å². The molecule has 0 radical (unpaired) electrons. The fraction of sp³-hybridized carbons (Fsp3) is 0.321. The number of halogens is 3. The maximum atomic E-state index is 11.8. The van der Waals surface area contributed by atoms with E-state index in [1.165, 1.54) is 4.90 Å². The van der Waals surface area contributed by atoms with Gasteiger partial charge >= 0.3 is 0 Å². The lowest BCUT2D eigenvalue weighted by Crippen LogP contribution is -2.38. The molecule has 1 heterocycles. The van der Waals surface area contributed by atoms with E-state index in [0.29, 0.717) is 0 Å². The summed E-state index contributed by atoms with van der Waals surface area (Å²) in [5, 5.41) is 12.0. The predicted octanol–water partition coefficient (Wildman–Crippen LogP) is 6.75. The van der Waals surface area contributed by atoms with Crippen molar-refractivity contribution in [1.29, 1.82) is 0 Å². The molecular formula is C28H28Cl3NO4S. The average molecular weight is 581 g/mol. The lowest BCUT2D eigenvalue weighted by atomic mass is 9.91. The molecule has 0 saturated carbocycles. The first-order valence-electron chi connectivity index (χ1n) is 11.9. The van der Waals surface area contributed by atoms with Gasteiger partial charge in [0.25, 0.3) is 9.70 Å². The Labute approximate surface area is 236 Å². The summed E-state index contributed by atoms with van der Waals surface area (Å²) in [6.45, 7) is 2.37. The molecule has 1 aliphatic heterocycles. The quantitative estimate of drug-likeness (QED) is 0.228. The van der Waals surface area contributed by atoms with Crippen molar-refractivity contribution in [3.63, 3.8) is 0 Å². The molecule has 0 bridgehead atoms. The number of amides is 1. The first kappa shape index (κ1) is 28.2. The number of carbonyl (C=O) groups is 1. The Balaban J connectivity index is 1.51. The smallest absolute Gasteiger partial charge is 0.272 e. The molecule has 5 nitrogen and oxygen atoms in total. The fourth-order valence-corrected chi connectivity index (χ4v) is 5.37. The highest BCUT2D eigenvalue weighted by Gasteiger charge is 2.38. The van der Waals surface area contributed by atoms with E-state index in [2.05, 4.69) is 24.4 Å². The van der Waals surface area contributed by atoms with E-state index < -0.39 is 16.0 Å². The van der Waals surface area contributed by atoms with Gasteiger partial charge in [-0.1, -0.05) is 108 Å². The largest absolute Gasteiger partial charge is 0.392 e. The topological polar surface area (TPSA) is 67.8 Å². The Morgan fingerprint density at radius 1 is 0.919 bits per heavy atom. The van der Waals surface area contributed by atoms with Gasteiger partial charge in [-0.2, -0.15) is 0 Å². The standard InChI is InChI=1S/C28H28Cl3NO4S/c1-18-24(17-37-23-5-3-2-4-6-23)35-26(36-25(18)21-11-9-20(16-33)10-12-21)22-13-7-19(8-14-22)15-32-27(34)28(29,30)31/h2-14,18,24-26,33H,15-17H2,1H3,(H,32,34)/t18-,24+,25+,26+/m1/s1. The van der Waals surface area contributed by atoms with Gasteiger partial charge in [0.05, 0.1) is 18.8 Å². The Morgan fingerprint density at radius 2 is 1.54 bits per heavy atom. The van der Waals surface area contributed by atoms with Gasteiger partial charge in [-0.3, -0.25) is 4.79 Å². The third-order valence-electron chi connectivity index (χ3n) is 6.24. The molecule has 4 atom stereocenters. The molecule has 9 heteroatoms. The zero-order valence-electron chi connectivity index (χ0n) is 20.2. The lowest BCUT2D eigenvalue weighted by Gasteiger charge is -2.41. The van der Waals surface area contributed by atoms with Crippen LogP contribution in [0.1, 0.15) is 41.6 Å². The zero-order chi connectivity index (χ0) is 26.4. The van der Waals surface area contributed by atoms with Crippen molar-refractivity contribution in [2.45, 2.75) is 47.3 Å². The van der Waals surface area contributed by atoms with Crippen LogP contribution in [0.3, 0.4) is 0 Å². The normalized spacial score (nSPS) is 22.0. The van der Waals surface area contributed by atoms with Crippen molar-refractivity contribution in [2.75, 3.05) is 5.75 Å². The molecule has 3 aromatic carbocycles. The number of carbonyl (C=O) groups excluding carboxylic acids is 1. The van der Waals surface area contributed by atoms with Crippen LogP contribution >= 0.6 is 46.6 Å². The zero-order valence-corrected chi connectivity index (χ0v) is 23.2. The second-order valence-electron chi connectivity index (χ2n) is 8.87. The molecule has 37 heavy (non-hydrogen) atoms. The van der Waals surface area contributed by atoms with Crippen LogP contribution in [0.15, 0.2) is 83.8 Å². The van der Waals surface area contributed by atoms with Crippen LogP contribution in [0.25, 0.3) is 0 Å². The summed E-state index contributed by atoms with van der Waals surface area (Å²) in [5.74, 6) is 0.199. The van der Waals surface area contributed by atoms with Gasteiger partial charge in [-0.05, 0) is 28.8 Å². The molecule has 196 valence electrons. The van der Waals surface area contributed by atoms with Crippen molar-refractivity contribution in [3.05, 3.63) is 101 Å². The monoisotopic (exact) mass is 579 g/mol. The summed E-state index contributed by atoms with van der Waals surface area (Å²) in [5.41, 5.74) is 3.62. The Bertz CT molecular complexity index is 1160. The Morgan fingerprint density at radius 3 is 2.16 bits per heavy atom. The van der Waals surface area contributed by atoms with Crippen molar-refractivity contribution in [1.82, 2.24) is 5.32 Å². The van der Waals surface area contributed by atoms with Crippen molar-refractivity contribution >= 4 is 52.5 Å². The minimum atomic E-state index is -2.00. The maximum Gasteiger partial charge on any atom is 0.272 e. The second-order valence-corrected chi connectivity index (χ2v) is 12.2. The van der Waals surface area contributed by atoms with E-state index >= 15 is 0 Å². The minimum absolute atomic E-state index is 0.00208. The lowest BCUT2D eigenvalue weighted by molar-refractivity contribution is -0.268. The molecule has 1 fully saturated rings. The van der Waals surface area contributed by atoms with Gasteiger partial charge in [0.2, 0.25) is 0 Å². The van der Waals surface area contributed by atoms with Gasteiger partial charge in [-0.25, -0.2) is 0 Å². The minimum Gasteiger partial charge on any atom is -0.392 e. The predicted molar refractivity (Wildman–Crippen MR) is 149 cm³/mol. The summed E-state index contributed by atoms with van der Waals surface area (Å²) in [6.07, 6.45) is -0.809. The molecule has 0 unspecified atom stereocenters. The molecule has 0 aliphatic carbocycles. The number of ether oxygens (including phenoxy) is 2. The van der Waals surface area contributed by atoms with Crippen LogP contribution in [0.4, 0.5) is 0 Å². The average Bonchev–Trinajstić information content (AvgIpc) is 2.91. The Kier molecular flexibility index (Phi) is 9.81. The van der Waals surface area contributed by atoms with Gasteiger partial charge in [0.15, 0.2) is 6.29 Å². The van der Waals surface area contributed by atoms with Crippen LogP contribution in [0.5, 0.6) is 0 Å². The second kappa shape index (κ2) is 12.9. The fourth-order valence-electron chi connectivity index (χ4n) is 4.08. The molecule has 0 spiro atoms. The molecule has 2 N–H and O–H groups in total. The highest BCUT2D eigenvalue weighted by atomic mass is 35.6. The van der Waals surface area contributed by atoms with Crippen LogP contribution in [0.2, 0.25) is 0 Å². The number of aliphatic hydroxyl groups is 1. The van der Waals surface area contributed by atoms with Gasteiger partial charge in [0, 0.05) is 28.7 Å². The number of hydrogen-bond donors (Lipinski definition) is 2. The van der Waals surface area contributed by atoms with Crippen molar-refractivity contribution in [2.24, 2.45) is 5.92 Å². The SMILES string of the molecule is C[C@@H]1[C@H](CSc2ccccc2)O[C@H](c2ccc(CNC(=O)C(Cl)(Cl)Cl)cc2)O[C@@H]1c1ccc(CO)cc1. The number of alkyl halides is 3. The first-order valence-corrected chi connectivity index (χ1v) is 14.0. The highest BCUT2D eigenvalue weighted by molar-refractivity contribution is 7.99. The van der Waals surface area contributed by atoms with Crippen molar-refractivity contribution < 1.29 is 19.4 Å². The molecule has 4 rings (SSSR count). The number of benzene rings is 3. The highest BCUT2D eigenvalue weighted by Crippen LogP contribution is 2.43. The van der Waals surface area contributed by atoms with E-state index in [9.17, 15) is 9.90 Å². The summed E-state index contributed by atoms with van der Waals surface area (Å²) in [6, 6.07) is 25.7. The number of nitrogens with one attached hydrogen (secondary N) is 1. The van der Waals surface area contributed by atoms with Crippen molar-refractivity contribution in [3.8, 4) is 0 Å². The van der Waals surface area contributed by atoms with Gasteiger partial charge in [0.1, 0.15) is 0 Å². The van der Waals surface area contributed by atoms with E-state index in [0.717, 1.165) is 28.0 Å². The van der Waals surface area contributed by atoms with E-state index in [-0.39, 0.29) is 31.3 Å². The third-order valence-corrected chi connectivity index (χ3v) is 7.86. The summed E-state index contributed by atoms with van der Waals surface area (Å²) in [7, 11) is 0. The van der Waals surface area contributed by atoms with E-state index in [4.69, 9.17) is 44.3 Å². The number of hydrogen-bond acceptors (Lipinski definition) is 5. The van der Waals surface area contributed by atoms with E-state index in [1.54, 1.807) is 11.8 Å². The third kappa shape index (κ3) is 7.64.